The predicted molar refractivity (Wildman–Crippen MR) is 88.6 cm³/mol. The van der Waals surface area contributed by atoms with Crippen LogP contribution in [0.3, 0.4) is 0 Å². The van der Waals surface area contributed by atoms with Crippen molar-refractivity contribution in [2.24, 2.45) is 0 Å². The van der Waals surface area contributed by atoms with Gasteiger partial charge in [0.1, 0.15) is 12.2 Å². The molecule has 1 aliphatic heterocycles. The molecule has 1 aromatic heterocycles. The SMILES string of the molecule is C=C(NC(=O)c1csc(C2CCNCC2)n1)C(=O)NCC(=O)OC. The molecular formula is C15H20N4O4S. The van der Waals surface area contributed by atoms with Gasteiger partial charge >= 0.3 is 5.97 Å². The van der Waals surface area contributed by atoms with Crippen molar-refractivity contribution in [3.05, 3.63) is 28.4 Å². The van der Waals surface area contributed by atoms with Crippen LogP contribution in [-0.4, -0.2) is 49.5 Å². The summed E-state index contributed by atoms with van der Waals surface area (Å²) in [5, 5.41) is 10.6. The van der Waals surface area contributed by atoms with E-state index in [0.717, 1.165) is 30.9 Å². The van der Waals surface area contributed by atoms with Crippen LogP contribution in [0.1, 0.15) is 34.3 Å². The zero-order valence-electron chi connectivity index (χ0n) is 13.4. The first-order valence-electron chi connectivity index (χ1n) is 7.52. The van der Waals surface area contributed by atoms with Crippen molar-refractivity contribution >= 4 is 29.1 Å². The van der Waals surface area contributed by atoms with Gasteiger partial charge in [0, 0.05) is 11.3 Å². The number of aromatic nitrogens is 1. The molecular weight excluding hydrogens is 332 g/mol. The van der Waals surface area contributed by atoms with Crippen LogP contribution in [0.2, 0.25) is 0 Å². The van der Waals surface area contributed by atoms with Crippen molar-refractivity contribution in [1.82, 2.24) is 20.9 Å². The van der Waals surface area contributed by atoms with Crippen LogP contribution < -0.4 is 16.0 Å². The van der Waals surface area contributed by atoms with E-state index < -0.39 is 17.8 Å². The van der Waals surface area contributed by atoms with Crippen molar-refractivity contribution < 1.29 is 19.1 Å². The Kier molecular flexibility index (Phi) is 6.44. The van der Waals surface area contributed by atoms with Crippen LogP contribution in [-0.2, 0) is 14.3 Å². The molecule has 0 bridgehead atoms. The fraction of sp³-hybridized carbons (Fsp3) is 0.467. The maximum absolute atomic E-state index is 12.1. The van der Waals surface area contributed by atoms with E-state index in [2.05, 4.69) is 32.3 Å². The quantitative estimate of drug-likeness (QED) is 0.496. The summed E-state index contributed by atoms with van der Waals surface area (Å²) in [6, 6.07) is 0. The maximum Gasteiger partial charge on any atom is 0.325 e. The summed E-state index contributed by atoms with van der Waals surface area (Å²) >= 11 is 1.45. The average Bonchev–Trinajstić information content (AvgIpc) is 3.10. The lowest BCUT2D eigenvalue weighted by atomic mass is 9.99. The fourth-order valence-electron chi connectivity index (χ4n) is 2.24. The first-order chi connectivity index (χ1) is 11.5. The molecule has 8 nitrogen and oxygen atoms in total. The smallest absolute Gasteiger partial charge is 0.325 e. The van der Waals surface area contributed by atoms with Crippen LogP contribution >= 0.6 is 11.3 Å². The van der Waals surface area contributed by atoms with E-state index in [1.807, 2.05) is 0 Å². The number of piperidine rings is 1. The molecule has 0 saturated carbocycles. The van der Waals surface area contributed by atoms with Crippen LogP contribution in [0.15, 0.2) is 17.7 Å². The number of thiazole rings is 1. The van der Waals surface area contributed by atoms with Gasteiger partial charge in [0.25, 0.3) is 11.8 Å². The summed E-state index contributed by atoms with van der Waals surface area (Å²) in [7, 11) is 1.22. The maximum atomic E-state index is 12.1. The van der Waals surface area contributed by atoms with Crippen molar-refractivity contribution in [3.63, 3.8) is 0 Å². The van der Waals surface area contributed by atoms with Gasteiger partial charge in [0.05, 0.1) is 17.8 Å². The first kappa shape index (κ1) is 18.1. The Balaban J connectivity index is 1.87. The van der Waals surface area contributed by atoms with Crippen LogP contribution in [0.5, 0.6) is 0 Å². The molecule has 2 amide bonds. The summed E-state index contributed by atoms with van der Waals surface area (Å²) in [4.78, 5) is 39.2. The highest BCUT2D eigenvalue weighted by molar-refractivity contribution is 7.09. The molecule has 0 aliphatic carbocycles. The third-order valence-corrected chi connectivity index (χ3v) is 4.61. The number of hydrogen-bond acceptors (Lipinski definition) is 7. The van der Waals surface area contributed by atoms with E-state index >= 15 is 0 Å². The lowest BCUT2D eigenvalue weighted by Crippen LogP contribution is -2.37. The van der Waals surface area contributed by atoms with Gasteiger partial charge in [-0.25, -0.2) is 4.98 Å². The number of carbonyl (C=O) groups is 3. The molecule has 1 aliphatic rings. The van der Waals surface area contributed by atoms with Crippen molar-refractivity contribution in [1.29, 1.82) is 0 Å². The van der Waals surface area contributed by atoms with Gasteiger partial charge in [-0.3, -0.25) is 14.4 Å². The molecule has 2 rings (SSSR count). The minimum atomic E-state index is -0.650. The molecule has 9 heteroatoms. The number of ether oxygens (including phenoxy) is 1. The van der Waals surface area contributed by atoms with Crippen LogP contribution in [0.4, 0.5) is 0 Å². The molecule has 0 spiro atoms. The van der Waals surface area contributed by atoms with Crippen molar-refractivity contribution in [2.75, 3.05) is 26.7 Å². The van der Waals surface area contributed by atoms with Crippen LogP contribution in [0.25, 0.3) is 0 Å². The molecule has 2 heterocycles. The predicted octanol–water partition coefficient (Wildman–Crippen LogP) is 0.143. The Bertz CT molecular complexity index is 637. The molecule has 1 saturated heterocycles. The van der Waals surface area contributed by atoms with E-state index in [0.29, 0.717) is 5.92 Å². The molecule has 0 unspecified atom stereocenters. The second-order valence-electron chi connectivity index (χ2n) is 5.29. The van der Waals surface area contributed by atoms with E-state index in [9.17, 15) is 14.4 Å². The van der Waals surface area contributed by atoms with Gasteiger partial charge in [-0.1, -0.05) is 6.58 Å². The number of hydrogen-bond donors (Lipinski definition) is 3. The number of nitrogens with one attached hydrogen (secondary N) is 3. The third-order valence-electron chi connectivity index (χ3n) is 3.60. The summed E-state index contributed by atoms with van der Waals surface area (Å²) in [5.41, 5.74) is 0.107. The number of amides is 2. The number of carbonyl (C=O) groups excluding carboxylic acids is 3. The Hall–Kier alpha value is -2.26. The second-order valence-corrected chi connectivity index (χ2v) is 6.18. The van der Waals surface area contributed by atoms with Crippen LogP contribution in [0, 0.1) is 0 Å². The van der Waals surface area contributed by atoms with E-state index in [1.54, 1.807) is 5.38 Å². The summed E-state index contributed by atoms with van der Waals surface area (Å²) in [6.07, 6.45) is 1.99. The Labute approximate surface area is 143 Å². The minimum absolute atomic E-state index is 0.152. The van der Waals surface area contributed by atoms with Gasteiger partial charge in [0.15, 0.2) is 0 Å². The largest absolute Gasteiger partial charge is 0.468 e. The normalized spacial score (nSPS) is 14.7. The molecule has 1 fully saturated rings. The number of esters is 1. The highest BCUT2D eigenvalue weighted by Crippen LogP contribution is 2.27. The molecule has 24 heavy (non-hydrogen) atoms. The first-order valence-corrected chi connectivity index (χ1v) is 8.40. The standard InChI is InChI=1S/C15H20N4O4S/c1-9(13(21)17-7-12(20)23-2)18-14(22)11-8-24-15(19-11)10-3-5-16-6-4-10/h8,10,16H,1,3-7H2,2H3,(H,17,21)(H,18,22). The lowest BCUT2D eigenvalue weighted by Gasteiger charge is -2.20. The van der Waals surface area contributed by atoms with E-state index in [1.165, 1.54) is 18.4 Å². The van der Waals surface area contributed by atoms with Gasteiger partial charge < -0.3 is 20.7 Å². The van der Waals surface area contributed by atoms with Gasteiger partial charge in [-0.05, 0) is 25.9 Å². The van der Waals surface area contributed by atoms with E-state index in [-0.39, 0.29) is 17.9 Å². The highest BCUT2D eigenvalue weighted by atomic mass is 32.1. The van der Waals surface area contributed by atoms with Gasteiger partial charge in [-0.15, -0.1) is 11.3 Å². The second kappa shape index (κ2) is 8.55. The lowest BCUT2D eigenvalue weighted by molar-refractivity contribution is -0.140. The Morgan fingerprint density at radius 2 is 2.12 bits per heavy atom. The average molecular weight is 352 g/mol. The highest BCUT2D eigenvalue weighted by Gasteiger charge is 2.21. The van der Waals surface area contributed by atoms with E-state index in [4.69, 9.17) is 0 Å². The van der Waals surface area contributed by atoms with Crippen molar-refractivity contribution in [2.45, 2.75) is 18.8 Å². The monoisotopic (exact) mass is 352 g/mol. The van der Waals surface area contributed by atoms with Gasteiger partial charge in [0.2, 0.25) is 0 Å². The minimum Gasteiger partial charge on any atom is -0.468 e. The van der Waals surface area contributed by atoms with Gasteiger partial charge in [-0.2, -0.15) is 0 Å². The third kappa shape index (κ3) is 4.87. The summed E-state index contributed by atoms with van der Waals surface area (Å²) < 4.78 is 4.41. The topological polar surface area (TPSA) is 109 Å². The number of nitrogens with zero attached hydrogens (tertiary/aromatic N) is 1. The molecule has 130 valence electrons. The zero-order valence-corrected chi connectivity index (χ0v) is 14.2. The Morgan fingerprint density at radius 1 is 1.42 bits per heavy atom. The number of rotatable bonds is 6. The molecule has 0 atom stereocenters. The molecule has 0 radical (unpaired) electrons. The van der Waals surface area contributed by atoms with Crippen molar-refractivity contribution in [3.8, 4) is 0 Å². The zero-order chi connectivity index (χ0) is 17.5. The summed E-state index contributed by atoms with van der Waals surface area (Å²) in [5.74, 6) is -1.37. The fourth-order valence-corrected chi connectivity index (χ4v) is 3.21. The molecule has 1 aromatic rings. The molecule has 0 aromatic carbocycles. The number of methoxy groups -OCH3 is 1. The Morgan fingerprint density at radius 3 is 2.79 bits per heavy atom. The molecule has 3 N–H and O–H groups in total. The summed E-state index contributed by atoms with van der Waals surface area (Å²) in [6.45, 7) is 5.10.